The summed E-state index contributed by atoms with van der Waals surface area (Å²) in [6.07, 6.45) is 1.25. The van der Waals surface area contributed by atoms with Gasteiger partial charge in [-0.3, -0.25) is 4.79 Å². The summed E-state index contributed by atoms with van der Waals surface area (Å²) in [4.78, 5) is 26.2. The van der Waals surface area contributed by atoms with Gasteiger partial charge in [-0.05, 0) is 32.9 Å². The van der Waals surface area contributed by atoms with E-state index in [1.807, 2.05) is 13.8 Å². The standard InChI is InChI=1S/C12H17N3O3/c1-7(2)14-11(16)8(3)15-10-5-4-9(6-13-10)12(17)18/h4-8H,1-3H3,(H,13,15)(H,14,16)(H,17,18). The number of rotatable bonds is 5. The molecule has 1 aromatic heterocycles. The molecular formula is C12H17N3O3. The molecule has 98 valence electrons. The Balaban J connectivity index is 2.61. The summed E-state index contributed by atoms with van der Waals surface area (Å²) in [5.74, 6) is -0.694. The van der Waals surface area contributed by atoms with Crippen LogP contribution in [0.1, 0.15) is 31.1 Å². The summed E-state index contributed by atoms with van der Waals surface area (Å²) in [6.45, 7) is 5.47. The van der Waals surface area contributed by atoms with Gasteiger partial charge in [-0.25, -0.2) is 9.78 Å². The lowest BCUT2D eigenvalue weighted by molar-refractivity contribution is -0.122. The Morgan fingerprint density at radius 3 is 2.39 bits per heavy atom. The largest absolute Gasteiger partial charge is 0.478 e. The van der Waals surface area contributed by atoms with Crippen LogP contribution >= 0.6 is 0 Å². The predicted octanol–water partition coefficient (Wildman–Crippen LogP) is 1.10. The highest BCUT2D eigenvalue weighted by molar-refractivity contribution is 5.87. The Morgan fingerprint density at radius 2 is 1.94 bits per heavy atom. The molecule has 0 aliphatic rings. The molecule has 1 unspecified atom stereocenters. The third-order valence-corrected chi connectivity index (χ3v) is 2.20. The van der Waals surface area contributed by atoms with Gasteiger partial charge in [-0.15, -0.1) is 0 Å². The fraction of sp³-hybridized carbons (Fsp3) is 0.417. The van der Waals surface area contributed by atoms with Gasteiger partial charge in [-0.2, -0.15) is 0 Å². The number of amides is 1. The van der Waals surface area contributed by atoms with Crippen molar-refractivity contribution in [3.8, 4) is 0 Å². The third-order valence-electron chi connectivity index (χ3n) is 2.20. The lowest BCUT2D eigenvalue weighted by atomic mass is 10.2. The molecule has 0 fully saturated rings. The number of anilines is 1. The molecule has 1 rings (SSSR count). The number of pyridine rings is 1. The van der Waals surface area contributed by atoms with Crippen molar-refractivity contribution < 1.29 is 14.7 Å². The number of carboxylic acid groups (broad SMARTS) is 1. The fourth-order valence-electron chi connectivity index (χ4n) is 1.30. The first-order valence-electron chi connectivity index (χ1n) is 5.66. The van der Waals surface area contributed by atoms with Gasteiger partial charge < -0.3 is 15.7 Å². The highest BCUT2D eigenvalue weighted by Gasteiger charge is 2.13. The van der Waals surface area contributed by atoms with Gasteiger partial charge >= 0.3 is 5.97 Å². The van der Waals surface area contributed by atoms with Gasteiger partial charge in [-0.1, -0.05) is 0 Å². The van der Waals surface area contributed by atoms with Crippen LogP contribution in [-0.4, -0.2) is 34.1 Å². The van der Waals surface area contributed by atoms with Crippen LogP contribution in [0.25, 0.3) is 0 Å². The average Bonchev–Trinajstić information content (AvgIpc) is 2.28. The molecule has 0 saturated heterocycles. The number of carbonyl (C=O) groups excluding carboxylic acids is 1. The van der Waals surface area contributed by atoms with E-state index in [2.05, 4.69) is 15.6 Å². The van der Waals surface area contributed by atoms with Gasteiger partial charge in [0.15, 0.2) is 0 Å². The number of nitrogens with one attached hydrogen (secondary N) is 2. The van der Waals surface area contributed by atoms with Crippen LogP contribution in [0.2, 0.25) is 0 Å². The highest BCUT2D eigenvalue weighted by Crippen LogP contribution is 2.06. The zero-order valence-electron chi connectivity index (χ0n) is 10.6. The number of hydrogen-bond donors (Lipinski definition) is 3. The molecular weight excluding hydrogens is 234 g/mol. The Kier molecular flexibility index (Phi) is 4.65. The van der Waals surface area contributed by atoms with E-state index in [1.165, 1.54) is 18.3 Å². The number of carbonyl (C=O) groups is 2. The minimum Gasteiger partial charge on any atom is -0.478 e. The molecule has 0 aliphatic carbocycles. The summed E-state index contributed by atoms with van der Waals surface area (Å²) in [6, 6.07) is 2.60. The van der Waals surface area contributed by atoms with Crippen LogP contribution in [0.5, 0.6) is 0 Å². The number of nitrogens with zero attached hydrogens (tertiary/aromatic N) is 1. The van der Waals surface area contributed by atoms with E-state index in [0.29, 0.717) is 5.82 Å². The van der Waals surface area contributed by atoms with Crippen molar-refractivity contribution in [2.45, 2.75) is 32.9 Å². The second-order valence-corrected chi connectivity index (χ2v) is 4.27. The van der Waals surface area contributed by atoms with E-state index in [0.717, 1.165) is 0 Å². The Bertz CT molecular complexity index is 429. The summed E-state index contributed by atoms with van der Waals surface area (Å²) in [5.41, 5.74) is 0.111. The van der Waals surface area contributed by atoms with Crippen molar-refractivity contribution >= 4 is 17.7 Å². The van der Waals surface area contributed by atoms with Gasteiger partial charge in [0.25, 0.3) is 0 Å². The molecule has 0 radical (unpaired) electrons. The molecule has 0 aliphatic heterocycles. The van der Waals surface area contributed by atoms with Gasteiger partial charge in [0.05, 0.1) is 5.56 Å². The first-order valence-corrected chi connectivity index (χ1v) is 5.66. The molecule has 3 N–H and O–H groups in total. The van der Waals surface area contributed by atoms with Crippen molar-refractivity contribution in [1.29, 1.82) is 0 Å². The van der Waals surface area contributed by atoms with E-state index in [4.69, 9.17) is 5.11 Å². The Hall–Kier alpha value is -2.11. The second-order valence-electron chi connectivity index (χ2n) is 4.27. The SMILES string of the molecule is CC(C)NC(=O)C(C)Nc1ccc(C(=O)O)cn1. The average molecular weight is 251 g/mol. The lowest BCUT2D eigenvalue weighted by Gasteiger charge is -2.16. The molecule has 0 saturated carbocycles. The predicted molar refractivity (Wildman–Crippen MR) is 67.6 cm³/mol. The van der Waals surface area contributed by atoms with E-state index in [-0.39, 0.29) is 17.5 Å². The molecule has 1 amide bonds. The Morgan fingerprint density at radius 1 is 1.28 bits per heavy atom. The van der Waals surface area contributed by atoms with Crippen LogP contribution in [0.4, 0.5) is 5.82 Å². The van der Waals surface area contributed by atoms with Gasteiger partial charge in [0, 0.05) is 12.2 Å². The van der Waals surface area contributed by atoms with Crippen LogP contribution in [0.3, 0.4) is 0 Å². The number of hydrogen-bond acceptors (Lipinski definition) is 4. The Labute approximate surface area is 105 Å². The van der Waals surface area contributed by atoms with E-state index in [9.17, 15) is 9.59 Å². The van der Waals surface area contributed by atoms with Crippen LogP contribution in [0, 0.1) is 0 Å². The minimum atomic E-state index is -1.03. The fourth-order valence-corrected chi connectivity index (χ4v) is 1.30. The zero-order valence-corrected chi connectivity index (χ0v) is 10.6. The van der Waals surface area contributed by atoms with Crippen LogP contribution in [-0.2, 0) is 4.79 Å². The molecule has 0 bridgehead atoms. The first-order chi connectivity index (χ1) is 8.40. The molecule has 1 aromatic rings. The molecule has 18 heavy (non-hydrogen) atoms. The smallest absolute Gasteiger partial charge is 0.337 e. The molecule has 6 nitrogen and oxygen atoms in total. The molecule has 6 heteroatoms. The second kappa shape index (κ2) is 6.00. The van der Waals surface area contributed by atoms with E-state index < -0.39 is 12.0 Å². The van der Waals surface area contributed by atoms with Crippen molar-refractivity contribution in [3.63, 3.8) is 0 Å². The number of aromatic carboxylic acids is 1. The number of carboxylic acids is 1. The summed E-state index contributed by atoms with van der Waals surface area (Å²) < 4.78 is 0. The van der Waals surface area contributed by atoms with Crippen molar-refractivity contribution in [2.24, 2.45) is 0 Å². The molecule has 0 spiro atoms. The topological polar surface area (TPSA) is 91.3 Å². The monoisotopic (exact) mass is 251 g/mol. The number of aromatic nitrogens is 1. The zero-order chi connectivity index (χ0) is 13.7. The highest BCUT2D eigenvalue weighted by atomic mass is 16.4. The lowest BCUT2D eigenvalue weighted by Crippen LogP contribution is -2.41. The quantitative estimate of drug-likeness (QED) is 0.729. The van der Waals surface area contributed by atoms with Crippen molar-refractivity contribution in [3.05, 3.63) is 23.9 Å². The maximum absolute atomic E-state index is 11.6. The van der Waals surface area contributed by atoms with Crippen LogP contribution in [0.15, 0.2) is 18.3 Å². The summed E-state index contributed by atoms with van der Waals surface area (Å²) in [7, 11) is 0. The molecule has 1 atom stereocenters. The molecule has 0 aromatic carbocycles. The van der Waals surface area contributed by atoms with Crippen LogP contribution < -0.4 is 10.6 Å². The normalized spacial score (nSPS) is 12.0. The van der Waals surface area contributed by atoms with Crippen molar-refractivity contribution in [1.82, 2.24) is 10.3 Å². The minimum absolute atomic E-state index is 0.0732. The van der Waals surface area contributed by atoms with Gasteiger partial charge in [0.2, 0.25) is 5.91 Å². The maximum atomic E-state index is 11.6. The summed E-state index contributed by atoms with van der Waals surface area (Å²) >= 11 is 0. The van der Waals surface area contributed by atoms with Gasteiger partial charge in [0.1, 0.15) is 11.9 Å². The summed E-state index contributed by atoms with van der Waals surface area (Å²) in [5, 5.41) is 14.4. The van der Waals surface area contributed by atoms with E-state index in [1.54, 1.807) is 6.92 Å². The molecule has 1 heterocycles. The van der Waals surface area contributed by atoms with E-state index >= 15 is 0 Å². The first kappa shape index (κ1) is 14.0. The van der Waals surface area contributed by atoms with Crippen molar-refractivity contribution in [2.75, 3.05) is 5.32 Å². The maximum Gasteiger partial charge on any atom is 0.337 e. The third kappa shape index (κ3) is 4.04.